The SMILES string of the molecule is C=C1Sc2c(NC3CC3)nc(C)nc2N1[C@@H]1O[C@H](COC(=O)[C@@H](C)C(C)C)[C@@H](O)[C@H]1O. The summed E-state index contributed by atoms with van der Waals surface area (Å²) in [4.78, 5) is 23.8. The minimum absolute atomic E-state index is 0.137. The predicted molar refractivity (Wildman–Crippen MR) is 117 cm³/mol. The lowest BCUT2D eigenvalue weighted by Gasteiger charge is -2.28. The van der Waals surface area contributed by atoms with Crippen LogP contribution in [-0.2, 0) is 14.3 Å². The molecule has 2 fully saturated rings. The van der Waals surface area contributed by atoms with Crippen LogP contribution >= 0.6 is 11.8 Å². The molecule has 1 aliphatic carbocycles. The Balaban J connectivity index is 1.51. The topological polar surface area (TPSA) is 117 Å². The molecule has 4 rings (SSSR count). The first kappa shape index (κ1) is 22.3. The first-order chi connectivity index (χ1) is 14.7. The van der Waals surface area contributed by atoms with E-state index in [4.69, 9.17) is 9.47 Å². The molecule has 0 amide bonds. The number of ether oxygens (including phenoxy) is 2. The molecule has 3 heterocycles. The normalized spacial score (nSPS) is 28.7. The molecule has 0 aromatic carbocycles. The highest BCUT2D eigenvalue weighted by atomic mass is 32.2. The number of anilines is 2. The zero-order valence-corrected chi connectivity index (χ0v) is 19.1. The maximum atomic E-state index is 12.2. The Kier molecular flexibility index (Phi) is 6.17. The van der Waals surface area contributed by atoms with Crippen LogP contribution in [0, 0.1) is 18.8 Å². The second-order valence-corrected chi connectivity index (χ2v) is 9.85. The summed E-state index contributed by atoms with van der Waals surface area (Å²) in [5.74, 6) is 1.45. The molecule has 1 saturated heterocycles. The maximum absolute atomic E-state index is 12.2. The molecule has 9 nitrogen and oxygen atoms in total. The number of carbonyl (C=O) groups is 1. The van der Waals surface area contributed by atoms with Crippen LogP contribution in [0.1, 0.15) is 39.4 Å². The van der Waals surface area contributed by atoms with Crippen LogP contribution in [0.15, 0.2) is 16.5 Å². The van der Waals surface area contributed by atoms with Gasteiger partial charge in [-0.05, 0) is 25.7 Å². The quantitative estimate of drug-likeness (QED) is 0.533. The fourth-order valence-corrected chi connectivity index (χ4v) is 4.48. The summed E-state index contributed by atoms with van der Waals surface area (Å²) < 4.78 is 11.3. The highest BCUT2D eigenvalue weighted by molar-refractivity contribution is 8.03. The van der Waals surface area contributed by atoms with Crippen molar-refractivity contribution in [3.05, 3.63) is 17.4 Å². The van der Waals surface area contributed by atoms with Crippen LogP contribution < -0.4 is 10.2 Å². The number of thioether (sulfide) groups is 1. The number of nitrogens with zero attached hydrogens (tertiary/aromatic N) is 3. The molecule has 1 aromatic heterocycles. The van der Waals surface area contributed by atoms with Gasteiger partial charge in [-0.2, -0.15) is 0 Å². The molecule has 0 unspecified atom stereocenters. The Morgan fingerprint density at radius 2 is 2.03 bits per heavy atom. The van der Waals surface area contributed by atoms with Crippen molar-refractivity contribution >= 4 is 29.4 Å². The lowest BCUT2D eigenvalue weighted by molar-refractivity contribution is -0.154. The van der Waals surface area contributed by atoms with E-state index in [1.807, 2.05) is 13.8 Å². The van der Waals surface area contributed by atoms with Crippen LogP contribution in [0.5, 0.6) is 0 Å². The smallest absolute Gasteiger partial charge is 0.309 e. The number of aliphatic hydroxyl groups excluding tert-OH is 2. The van der Waals surface area contributed by atoms with E-state index in [-0.39, 0.29) is 24.4 Å². The first-order valence-electron chi connectivity index (χ1n) is 10.7. The number of aryl methyl sites for hydroxylation is 1. The number of rotatable bonds is 7. The van der Waals surface area contributed by atoms with E-state index in [1.165, 1.54) is 11.8 Å². The molecular weight excluding hydrogens is 420 g/mol. The number of aromatic nitrogens is 2. The molecule has 1 aromatic rings. The Bertz CT molecular complexity index is 878. The number of fused-ring (bicyclic) bond motifs is 1. The fourth-order valence-electron chi connectivity index (χ4n) is 3.52. The van der Waals surface area contributed by atoms with Crippen molar-refractivity contribution in [1.29, 1.82) is 0 Å². The van der Waals surface area contributed by atoms with Gasteiger partial charge in [0.2, 0.25) is 0 Å². The van der Waals surface area contributed by atoms with E-state index >= 15 is 0 Å². The minimum atomic E-state index is -1.22. The van der Waals surface area contributed by atoms with Crippen LogP contribution in [-0.4, -0.2) is 63.3 Å². The summed E-state index contributed by atoms with van der Waals surface area (Å²) >= 11 is 1.41. The standard InChI is InChI=1S/C21H30N4O5S/c1-9(2)10(3)21(28)29-8-14-15(26)16(27)20(30-14)25-12(5)31-17-18(24-13-6-7-13)22-11(4)23-19(17)25/h9-10,13-16,20,26-27H,5-8H2,1-4H3,(H,22,23,24)/t10-,14+,15+,16+,20+/m0/s1. The molecule has 0 radical (unpaired) electrons. The van der Waals surface area contributed by atoms with E-state index < -0.39 is 24.5 Å². The number of carbonyl (C=O) groups excluding carboxylic acids is 1. The van der Waals surface area contributed by atoms with Gasteiger partial charge in [-0.3, -0.25) is 9.69 Å². The largest absolute Gasteiger partial charge is 0.463 e. The third-order valence-electron chi connectivity index (χ3n) is 5.95. The summed E-state index contributed by atoms with van der Waals surface area (Å²) in [6, 6.07) is 0.420. The van der Waals surface area contributed by atoms with Gasteiger partial charge >= 0.3 is 5.97 Å². The van der Waals surface area contributed by atoms with Crippen molar-refractivity contribution in [3.8, 4) is 0 Å². The van der Waals surface area contributed by atoms with Gasteiger partial charge in [0.1, 0.15) is 36.6 Å². The molecule has 0 spiro atoms. The summed E-state index contributed by atoms with van der Waals surface area (Å²) in [6.45, 7) is 11.4. The summed E-state index contributed by atoms with van der Waals surface area (Å²) in [5, 5.41) is 25.3. The molecule has 170 valence electrons. The van der Waals surface area contributed by atoms with Gasteiger partial charge in [0, 0.05) is 6.04 Å². The maximum Gasteiger partial charge on any atom is 0.309 e. The molecule has 31 heavy (non-hydrogen) atoms. The molecule has 3 N–H and O–H groups in total. The van der Waals surface area contributed by atoms with E-state index in [1.54, 1.807) is 18.7 Å². The lowest BCUT2D eigenvalue weighted by Crippen LogP contribution is -2.42. The van der Waals surface area contributed by atoms with Crippen LogP contribution in [0.2, 0.25) is 0 Å². The molecular formula is C21H30N4O5S. The van der Waals surface area contributed by atoms with Crippen molar-refractivity contribution in [2.45, 2.75) is 76.0 Å². The van der Waals surface area contributed by atoms with Crippen molar-refractivity contribution in [3.63, 3.8) is 0 Å². The molecule has 10 heteroatoms. The number of aliphatic hydroxyl groups is 2. The number of hydrogen-bond donors (Lipinski definition) is 3. The Labute approximate surface area is 186 Å². The van der Waals surface area contributed by atoms with Crippen LogP contribution in [0.4, 0.5) is 11.6 Å². The van der Waals surface area contributed by atoms with E-state index in [0.717, 1.165) is 23.6 Å². The number of hydrogen-bond acceptors (Lipinski definition) is 10. The third kappa shape index (κ3) is 4.39. The minimum Gasteiger partial charge on any atom is -0.463 e. The number of esters is 1. The fraction of sp³-hybridized carbons (Fsp3) is 0.667. The zero-order valence-electron chi connectivity index (χ0n) is 18.2. The summed E-state index contributed by atoms with van der Waals surface area (Å²) in [6.07, 6.45) is -1.95. The monoisotopic (exact) mass is 450 g/mol. The van der Waals surface area contributed by atoms with Gasteiger partial charge in [0.15, 0.2) is 12.0 Å². The second-order valence-electron chi connectivity index (χ2n) is 8.77. The third-order valence-corrected chi connectivity index (χ3v) is 6.96. The van der Waals surface area contributed by atoms with E-state index in [9.17, 15) is 15.0 Å². The lowest BCUT2D eigenvalue weighted by atomic mass is 9.99. The molecule has 1 saturated carbocycles. The van der Waals surface area contributed by atoms with Crippen LogP contribution in [0.25, 0.3) is 0 Å². The van der Waals surface area contributed by atoms with Gasteiger partial charge in [-0.1, -0.05) is 39.1 Å². The Morgan fingerprint density at radius 3 is 2.68 bits per heavy atom. The summed E-state index contributed by atoms with van der Waals surface area (Å²) in [5.41, 5.74) is 0. The highest BCUT2D eigenvalue weighted by Gasteiger charge is 2.49. The first-order valence-corrected chi connectivity index (χ1v) is 11.5. The van der Waals surface area contributed by atoms with Gasteiger partial charge in [-0.25, -0.2) is 9.97 Å². The highest BCUT2D eigenvalue weighted by Crippen LogP contribution is 2.50. The molecule has 5 atom stereocenters. The average molecular weight is 451 g/mol. The van der Waals surface area contributed by atoms with E-state index in [2.05, 4.69) is 21.9 Å². The molecule has 0 bridgehead atoms. The van der Waals surface area contributed by atoms with Gasteiger partial charge < -0.3 is 25.0 Å². The Morgan fingerprint density at radius 1 is 1.32 bits per heavy atom. The van der Waals surface area contributed by atoms with Gasteiger partial charge in [0.05, 0.1) is 15.8 Å². The van der Waals surface area contributed by atoms with Gasteiger partial charge in [-0.15, -0.1) is 0 Å². The number of nitrogens with one attached hydrogen (secondary N) is 1. The summed E-state index contributed by atoms with van der Waals surface area (Å²) in [7, 11) is 0. The Hall–Kier alpha value is -1.88. The van der Waals surface area contributed by atoms with Gasteiger partial charge in [0.25, 0.3) is 0 Å². The van der Waals surface area contributed by atoms with Crippen LogP contribution in [0.3, 0.4) is 0 Å². The molecule has 3 aliphatic rings. The van der Waals surface area contributed by atoms with Crippen molar-refractivity contribution in [1.82, 2.24) is 9.97 Å². The van der Waals surface area contributed by atoms with Crippen molar-refractivity contribution in [2.24, 2.45) is 11.8 Å². The van der Waals surface area contributed by atoms with Crippen molar-refractivity contribution in [2.75, 3.05) is 16.8 Å². The van der Waals surface area contributed by atoms with Crippen molar-refractivity contribution < 1.29 is 24.5 Å². The average Bonchev–Trinajstić information content (AvgIpc) is 3.41. The second kappa shape index (κ2) is 8.57. The zero-order chi connectivity index (χ0) is 22.4. The van der Waals surface area contributed by atoms with E-state index in [0.29, 0.717) is 22.7 Å². The molecule has 2 aliphatic heterocycles. The predicted octanol–water partition coefficient (Wildman–Crippen LogP) is 2.02.